The van der Waals surface area contributed by atoms with Crippen LogP contribution in [0.2, 0.25) is 0 Å². The highest BCUT2D eigenvalue weighted by molar-refractivity contribution is 6.04. The summed E-state index contributed by atoms with van der Waals surface area (Å²) in [4.78, 5) is 16.3. The minimum Gasteiger partial charge on any atom is -0.324 e. The van der Waals surface area contributed by atoms with E-state index in [9.17, 15) is 4.79 Å². The number of rotatable bonds is 3. The van der Waals surface area contributed by atoms with Crippen LogP contribution in [0.5, 0.6) is 0 Å². The summed E-state index contributed by atoms with van der Waals surface area (Å²) >= 11 is 0. The van der Waals surface area contributed by atoms with Crippen LogP contribution in [0.25, 0.3) is 0 Å². The molecule has 20 heavy (non-hydrogen) atoms. The molecule has 0 saturated carbocycles. The number of hydrogen-bond donors (Lipinski definition) is 3. The van der Waals surface area contributed by atoms with Crippen molar-refractivity contribution in [2.24, 2.45) is 5.84 Å². The second-order valence-corrected chi connectivity index (χ2v) is 4.43. The van der Waals surface area contributed by atoms with Gasteiger partial charge < -0.3 is 5.43 Å². The molecule has 0 aliphatic rings. The number of amides is 1. The highest BCUT2D eigenvalue weighted by Gasteiger charge is 2.12. The maximum absolute atomic E-state index is 12.2. The second kappa shape index (κ2) is 5.62. The fourth-order valence-corrected chi connectivity index (χ4v) is 1.69. The number of carbonyl (C=O) groups excluding carboxylic acids is 1. The summed E-state index contributed by atoms with van der Waals surface area (Å²) in [5.74, 6) is 5.23. The van der Waals surface area contributed by atoms with Gasteiger partial charge in [-0.05, 0) is 44.5 Å². The number of hydrogen-bond acceptors (Lipinski definition) is 6. The molecule has 0 aliphatic carbocycles. The van der Waals surface area contributed by atoms with E-state index in [2.05, 4.69) is 25.9 Å². The molecular formula is C13H16N6O. The molecule has 1 heterocycles. The van der Waals surface area contributed by atoms with Crippen LogP contribution < -0.4 is 16.6 Å². The Kier molecular flexibility index (Phi) is 3.90. The van der Waals surface area contributed by atoms with Gasteiger partial charge in [0.2, 0.25) is 5.95 Å². The predicted molar refractivity (Wildman–Crippen MR) is 76.2 cm³/mol. The van der Waals surface area contributed by atoms with Crippen LogP contribution in [0, 0.1) is 20.8 Å². The number of hydrazine groups is 1. The summed E-state index contributed by atoms with van der Waals surface area (Å²) in [5, 5.41) is 10.4. The molecular weight excluding hydrogens is 256 g/mol. The third-order valence-electron chi connectivity index (χ3n) is 2.95. The zero-order valence-corrected chi connectivity index (χ0v) is 11.6. The van der Waals surface area contributed by atoms with Crippen LogP contribution in [0.3, 0.4) is 0 Å². The Balaban J connectivity index is 2.21. The first-order valence-electron chi connectivity index (χ1n) is 6.08. The molecule has 0 atom stereocenters. The molecule has 4 N–H and O–H groups in total. The lowest BCUT2D eigenvalue weighted by molar-refractivity contribution is 0.102. The van der Waals surface area contributed by atoms with Crippen LogP contribution in [0.15, 0.2) is 18.2 Å². The lowest BCUT2D eigenvalue weighted by atomic mass is 10.1. The number of aromatic nitrogens is 3. The van der Waals surface area contributed by atoms with Crippen LogP contribution in [0.1, 0.15) is 27.3 Å². The van der Waals surface area contributed by atoms with Crippen LogP contribution in [0.4, 0.5) is 11.6 Å². The van der Waals surface area contributed by atoms with Crippen LogP contribution in [-0.4, -0.2) is 21.1 Å². The molecule has 2 aromatic rings. The molecule has 7 nitrogen and oxygen atoms in total. The van der Waals surface area contributed by atoms with Crippen molar-refractivity contribution in [3.8, 4) is 0 Å². The monoisotopic (exact) mass is 272 g/mol. The van der Waals surface area contributed by atoms with E-state index in [4.69, 9.17) is 5.84 Å². The zero-order chi connectivity index (χ0) is 14.7. The van der Waals surface area contributed by atoms with Crippen molar-refractivity contribution >= 4 is 17.5 Å². The first kappa shape index (κ1) is 13.9. The van der Waals surface area contributed by atoms with Crippen molar-refractivity contribution in [2.45, 2.75) is 20.8 Å². The third kappa shape index (κ3) is 2.89. The lowest BCUT2D eigenvalue weighted by Gasteiger charge is -2.08. The standard InChI is InChI=1S/C13H16N6O/c1-7-6-10(17-14)4-5-11(7)12(20)16-13-15-8(2)9(3)18-19-13/h4-6,17H,14H2,1-3H3,(H,15,16,19,20). The Morgan fingerprint density at radius 3 is 2.50 bits per heavy atom. The normalized spacial score (nSPS) is 10.2. The van der Waals surface area contributed by atoms with Gasteiger partial charge in [-0.3, -0.25) is 16.0 Å². The molecule has 7 heteroatoms. The number of nitrogens with one attached hydrogen (secondary N) is 2. The molecule has 1 aromatic carbocycles. The van der Waals surface area contributed by atoms with E-state index in [0.29, 0.717) is 5.56 Å². The van der Waals surface area contributed by atoms with Crippen molar-refractivity contribution in [1.82, 2.24) is 15.2 Å². The summed E-state index contributed by atoms with van der Waals surface area (Å²) in [7, 11) is 0. The molecule has 104 valence electrons. The molecule has 0 fully saturated rings. The number of benzene rings is 1. The van der Waals surface area contributed by atoms with Crippen LogP contribution >= 0.6 is 0 Å². The fourth-order valence-electron chi connectivity index (χ4n) is 1.69. The van der Waals surface area contributed by atoms with Gasteiger partial charge in [0.05, 0.1) is 11.4 Å². The highest BCUT2D eigenvalue weighted by atomic mass is 16.1. The average Bonchev–Trinajstić information content (AvgIpc) is 2.42. The van der Waals surface area contributed by atoms with E-state index in [1.165, 1.54) is 0 Å². The summed E-state index contributed by atoms with van der Waals surface area (Å²) in [6, 6.07) is 5.20. The summed E-state index contributed by atoms with van der Waals surface area (Å²) in [6.07, 6.45) is 0. The highest BCUT2D eigenvalue weighted by Crippen LogP contribution is 2.15. The number of nitrogens with two attached hydrogens (primary N) is 1. The van der Waals surface area contributed by atoms with Crippen LogP contribution in [-0.2, 0) is 0 Å². The second-order valence-electron chi connectivity index (χ2n) is 4.43. The smallest absolute Gasteiger partial charge is 0.258 e. The van der Waals surface area contributed by atoms with Crippen molar-refractivity contribution < 1.29 is 4.79 Å². The minimum absolute atomic E-state index is 0.193. The number of carbonyl (C=O) groups is 1. The number of nitrogen functional groups attached to an aromatic ring is 1. The van der Waals surface area contributed by atoms with Crippen molar-refractivity contribution in [3.05, 3.63) is 40.7 Å². The van der Waals surface area contributed by atoms with Gasteiger partial charge >= 0.3 is 0 Å². The van der Waals surface area contributed by atoms with Gasteiger partial charge in [0, 0.05) is 11.3 Å². The van der Waals surface area contributed by atoms with Crippen molar-refractivity contribution in [1.29, 1.82) is 0 Å². The van der Waals surface area contributed by atoms with E-state index in [1.54, 1.807) is 18.2 Å². The number of aryl methyl sites for hydroxylation is 3. The Hall–Kier alpha value is -2.54. The SMILES string of the molecule is Cc1cc(NN)ccc1C(=O)Nc1nnc(C)c(C)n1. The topological polar surface area (TPSA) is 106 Å². The molecule has 0 spiro atoms. The average molecular weight is 272 g/mol. The maximum Gasteiger partial charge on any atom is 0.258 e. The quantitative estimate of drug-likeness (QED) is 0.575. The number of anilines is 2. The molecule has 1 aromatic heterocycles. The Morgan fingerprint density at radius 2 is 1.90 bits per heavy atom. The first-order chi connectivity index (χ1) is 9.51. The third-order valence-corrected chi connectivity index (χ3v) is 2.95. The van der Waals surface area contributed by atoms with Gasteiger partial charge in [-0.15, -0.1) is 5.10 Å². The summed E-state index contributed by atoms with van der Waals surface area (Å²) < 4.78 is 0. The van der Waals surface area contributed by atoms with Gasteiger partial charge in [-0.1, -0.05) is 0 Å². The van der Waals surface area contributed by atoms with Gasteiger partial charge in [-0.25, -0.2) is 4.98 Å². The summed E-state index contributed by atoms with van der Waals surface area (Å²) in [5.41, 5.74) is 6.07. The van der Waals surface area contributed by atoms with E-state index in [-0.39, 0.29) is 11.9 Å². The molecule has 0 radical (unpaired) electrons. The van der Waals surface area contributed by atoms with Crippen molar-refractivity contribution in [2.75, 3.05) is 10.7 Å². The van der Waals surface area contributed by atoms with E-state index in [1.807, 2.05) is 20.8 Å². The largest absolute Gasteiger partial charge is 0.324 e. The van der Waals surface area contributed by atoms with E-state index < -0.39 is 0 Å². The minimum atomic E-state index is -0.281. The van der Waals surface area contributed by atoms with Gasteiger partial charge in [-0.2, -0.15) is 5.10 Å². The van der Waals surface area contributed by atoms with Gasteiger partial charge in [0.1, 0.15) is 0 Å². The maximum atomic E-state index is 12.2. The molecule has 0 unspecified atom stereocenters. The fraction of sp³-hybridized carbons (Fsp3) is 0.231. The summed E-state index contributed by atoms with van der Waals surface area (Å²) in [6.45, 7) is 5.45. The Labute approximate surface area is 116 Å². The molecule has 0 saturated heterocycles. The zero-order valence-electron chi connectivity index (χ0n) is 11.6. The van der Waals surface area contributed by atoms with Gasteiger partial charge in [0.15, 0.2) is 0 Å². The molecule has 0 aliphatic heterocycles. The molecule has 0 bridgehead atoms. The lowest BCUT2D eigenvalue weighted by Crippen LogP contribution is -2.17. The Bertz CT molecular complexity index is 655. The van der Waals surface area contributed by atoms with Crippen molar-refractivity contribution in [3.63, 3.8) is 0 Å². The predicted octanol–water partition coefficient (Wildman–Crippen LogP) is 1.33. The number of nitrogens with zero attached hydrogens (tertiary/aromatic N) is 3. The molecule has 2 rings (SSSR count). The van der Waals surface area contributed by atoms with Gasteiger partial charge in [0.25, 0.3) is 5.91 Å². The Morgan fingerprint density at radius 1 is 1.15 bits per heavy atom. The first-order valence-corrected chi connectivity index (χ1v) is 6.08. The van der Waals surface area contributed by atoms with E-state index >= 15 is 0 Å². The van der Waals surface area contributed by atoms with E-state index in [0.717, 1.165) is 22.6 Å². The molecule has 1 amide bonds.